The van der Waals surface area contributed by atoms with Gasteiger partial charge in [0.15, 0.2) is 0 Å². The number of nitrogens with zero attached hydrogens (tertiary/aromatic N) is 1. The van der Waals surface area contributed by atoms with E-state index in [2.05, 4.69) is 0 Å². The lowest BCUT2D eigenvalue weighted by Gasteiger charge is -2.29. The lowest BCUT2D eigenvalue weighted by atomic mass is 9.94. The van der Waals surface area contributed by atoms with Crippen LogP contribution in [0.15, 0.2) is 0 Å². The fourth-order valence-corrected chi connectivity index (χ4v) is 3.38. The normalized spacial score (nSPS) is 30.9. The van der Waals surface area contributed by atoms with E-state index in [1.54, 1.807) is 0 Å². The molecule has 2 atom stereocenters. The Balaban J connectivity index is 1.95. The van der Waals surface area contributed by atoms with Crippen LogP contribution in [0.4, 0.5) is 0 Å². The Kier molecular flexibility index (Phi) is 3.85. The molecule has 2 unspecified atom stereocenters. The highest BCUT2D eigenvalue weighted by Crippen LogP contribution is 2.34. The van der Waals surface area contributed by atoms with Crippen LogP contribution < -0.4 is 5.73 Å². The summed E-state index contributed by atoms with van der Waals surface area (Å²) < 4.78 is 0. The van der Waals surface area contributed by atoms with E-state index in [-0.39, 0.29) is 5.92 Å². The molecular weight excluding hydrogens is 200 g/mol. The average Bonchev–Trinajstić information content (AvgIpc) is 2.97. The molecule has 16 heavy (non-hydrogen) atoms. The van der Waals surface area contributed by atoms with E-state index in [1.807, 2.05) is 11.9 Å². The second kappa shape index (κ2) is 5.17. The highest BCUT2D eigenvalue weighted by molar-refractivity contribution is 5.79. The van der Waals surface area contributed by atoms with Crippen LogP contribution in [0.2, 0.25) is 0 Å². The molecule has 2 saturated carbocycles. The van der Waals surface area contributed by atoms with E-state index < -0.39 is 0 Å². The van der Waals surface area contributed by atoms with E-state index >= 15 is 0 Å². The van der Waals surface area contributed by atoms with Gasteiger partial charge in [0.25, 0.3) is 0 Å². The second-order valence-corrected chi connectivity index (χ2v) is 5.42. The van der Waals surface area contributed by atoms with Gasteiger partial charge in [0.1, 0.15) is 0 Å². The Hall–Kier alpha value is -0.570. The third kappa shape index (κ3) is 2.24. The molecule has 2 N–H and O–H groups in total. The molecule has 92 valence electrons. The third-order valence-electron chi connectivity index (χ3n) is 4.50. The molecule has 0 aliphatic heterocycles. The van der Waals surface area contributed by atoms with Gasteiger partial charge in [0, 0.05) is 19.0 Å². The van der Waals surface area contributed by atoms with Crippen LogP contribution in [-0.4, -0.2) is 30.4 Å². The third-order valence-corrected chi connectivity index (χ3v) is 4.50. The van der Waals surface area contributed by atoms with Crippen molar-refractivity contribution < 1.29 is 4.79 Å². The first-order chi connectivity index (χ1) is 7.74. The summed E-state index contributed by atoms with van der Waals surface area (Å²) in [6.45, 7) is 0.676. The summed E-state index contributed by atoms with van der Waals surface area (Å²) in [5, 5.41) is 0. The molecule has 3 heteroatoms. The number of hydrogen-bond acceptors (Lipinski definition) is 2. The maximum absolute atomic E-state index is 12.4. The number of rotatable bonds is 3. The first-order valence-electron chi connectivity index (χ1n) is 6.70. The molecule has 2 aliphatic rings. The highest BCUT2D eigenvalue weighted by atomic mass is 16.2. The first kappa shape index (κ1) is 11.9. The molecule has 0 heterocycles. The Bertz CT molecular complexity index is 248. The zero-order chi connectivity index (χ0) is 11.5. The highest BCUT2D eigenvalue weighted by Gasteiger charge is 2.35. The number of nitrogens with two attached hydrogens (primary N) is 1. The van der Waals surface area contributed by atoms with Crippen molar-refractivity contribution >= 4 is 5.91 Å². The Labute approximate surface area is 98.4 Å². The Morgan fingerprint density at radius 1 is 1.19 bits per heavy atom. The molecule has 1 amide bonds. The molecule has 2 aliphatic carbocycles. The molecule has 0 aromatic rings. The molecule has 3 nitrogen and oxygen atoms in total. The molecule has 0 aromatic carbocycles. The lowest BCUT2D eigenvalue weighted by Crippen LogP contribution is -2.41. The monoisotopic (exact) mass is 224 g/mol. The quantitative estimate of drug-likeness (QED) is 0.794. The summed E-state index contributed by atoms with van der Waals surface area (Å²) >= 11 is 0. The molecular formula is C13H24N2O. The van der Waals surface area contributed by atoms with E-state index in [9.17, 15) is 4.79 Å². The molecule has 0 spiro atoms. The van der Waals surface area contributed by atoms with Crippen molar-refractivity contribution in [1.82, 2.24) is 4.90 Å². The van der Waals surface area contributed by atoms with Crippen molar-refractivity contribution in [3.05, 3.63) is 0 Å². The molecule has 0 bridgehead atoms. The van der Waals surface area contributed by atoms with Gasteiger partial charge < -0.3 is 10.6 Å². The molecule has 2 fully saturated rings. The van der Waals surface area contributed by atoms with Gasteiger partial charge in [0.2, 0.25) is 5.91 Å². The molecule has 0 saturated heterocycles. The number of amides is 1. The topological polar surface area (TPSA) is 46.3 Å². The molecule has 0 radical (unpaired) electrons. The minimum absolute atomic E-state index is 0.218. The van der Waals surface area contributed by atoms with Crippen molar-refractivity contribution in [1.29, 1.82) is 0 Å². The average molecular weight is 224 g/mol. The van der Waals surface area contributed by atoms with Crippen LogP contribution >= 0.6 is 0 Å². The van der Waals surface area contributed by atoms with E-state index in [0.29, 0.717) is 24.4 Å². The van der Waals surface area contributed by atoms with Crippen LogP contribution in [0.3, 0.4) is 0 Å². The van der Waals surface area contributed by atoms with E-state index in [0.717, 1.165) is 12.8 Å². The van der Waals surface area contributed by atoms with Gasteiger partial charge in [0.05, 0.1) is 0 Å². The Morgan fingerprint density at radius 2 is 1.88 bits per heavy atom. The maximum Gasteiger partial charge on any atom is 0.225 e. The van der Waals surface area contributed by atoms with Crippen LogP contribution in [0.5, 0.6) is 0 Å². The summed E-state index contributed by atoms with van der Waals surface area (Å²) in [7, 11) is 1.99. The fourth-order valence-electron chi connectivity index (χ4n) is 3.38. The van der Waals surface area contributed by atoms with Crippen molar-refractivity contribution in [2.24, 2.45) is 17.6 Å². The number of hydrogen-bond donors (Lipinski definition) is 1. The second-order valence-electron chi connectivity index (χ2n) is 5.42. The zero-order valence-electron chi connectivity index (χ0n) is 10.3. The van der Waals surface area contributed by atoms with Gasteiger partial charge in [-0.1, -0.05) is 19.3 Å². The molecule has 2 rings (SSSR count). The standard InChI is InChI=1S/C13H24N2O/c1-15(11-6-2-3-7-11)13(16)12-8-4-5-10(12)9-14/h10-12H,2-9,14H2,1H3. The minimum atomic E-state index is 0.218. The summed E-state index contributed by atoms with van der Waals surface area (Å²) in [5.74, 6) is 1.02. The van der Waals surface area contributed by atoms with Crippen molar-refractivity contribution in [3.63, 3.8) is 0 Å². The van der Waals surface area contributed by atoms with Crippen LogP contribution in [0.1, 0.15) is 44.9 Å². The number of carbonyl (C=O) groups is 1. The van der Waals surface area contributed by atoms with Crippen molar-refractivity contribution in [3.8, 4) is 0 Å². The zero-order valence-corrected chi connectivity index (χ0v) is 10.3. The summed E-state index contributed by atoms with van der Waals surface area (Å²) in [6, 6.07) is 0.506. The smallest absolute Gasteiger partial charge is 0.225 e. The first-order valence-corrected chi connectivity index (χ1v) is 6.70. The maximum atomic E-state index is 12.4. The van der Waals surface area contributed by atoms with Gasteiger partial charge in [-0.15, -0.1) is 0 Å². The SMILES string of the molecule is CN(C(=O)C1CCCC1CN)C1CCCC1. The van der Waals surface area contributed by atoms with Gasteiger partial charge >= 0.3 is 0 Å². The summed E-state index contributed by atoms with van der Waals surface area (Å²) in [5.41, 5.74) is 5.74. The fraction of sp³-hybridized carbons (Fsp3) is 0.923. The lowest BCUT2D eigenvalue weighted by molar-refractivity contribution is -0.137. The predicted molar refractivity (Wildman–Crippen MR) is 64.9 cm³/mol. The van der Waals surface area contributed by atoms with Crippen molar-refractivity contribution in [2.45, 2.75) is 51.0 Å². The summed E-state index contributed by atoms with van der Waals surface area (Å²) in [6.07, 6.45) is 8.34. The van der Waals surface area contributed by atoms with Crippen molar-refractivity contribution in [2.75, 3.05) is 13.6 Å². The van der Waals surface area contributed by atoms with E-state index in [1.165, 1.54) is 32.1 Å². The Morgan fingerprint density at radius 3 is 2.50 bits per heavy atom. The van der Waals surface area contributed by atoms with Gasteiger partial charge in [-0.3, -0.25) is 4.79 Å². The van der Waals surface area contributed by atoms with Crippen LogP contribution in [-0.2, 0) is 4.79 Å². The van der Waals surface area contributed by atoms with Crippen LogP contribution in [0, 0.1) is 11.8 Å². The van der Waals surface area contributed by atoms with Gasteiger partial charge in [-0.25, -0.2) is 0 Å². The predicted octanol–water partition coefficient (Wildman–Crippen LogP) is 1.76. The van der Waals surface area contributed by atoms with Gasteiger partial charge in [-0.2, -0.15) is 0 Å². The van der Waals surface area contributed by atoms with E-state index in [4.69, 9.17) is 5.73 Å². The minimum Gasteiger partial charge on any atom is -0.343 e. The number of carbonyl (C=O) groups excluding carboxylic acids is 1. The van der Waals surface area contributed by atoms with Crippen LogP contribution in [0.25, 0.3) is 0 Å². The molecule has 0 aromatic heterocycles. The summed E-state index contributed by atoms with van der Waals surface area (Å²) in [4.78, 5) is 14.4. The van der Waals surface area contributed by atoms with Gasteiger partial charge in [-0.05, 0) is 38.1 Å². The largest absolute Gasteiger partial charge is 0.343 e.